The fraction of sp³-hybridized carbons (Fsp3) is 0.636. The lowest BCUT2D eigenvalue weighted by atomic mass is 9.85. The summed E-state index contributed by atoms with van der Waals surface area (Å²) in [4.78, 5) is 38.1. The molecule has 0 spiro atoms. The van der Waals surface area contributed by atoms with Crippen LogP contribution in [-0.4, -0.2) is 60.3 Å². The van der Waals surface area contributed by atoms with E-state index in [0.29, 0.717) is 12.0 Å². The molecule has 0 bridgehead atoms. The van der Waals surface area contributed by atoms with Crippen LogP contribution in [0.15, 0.2) is 18.2 Å². The van der Waals surface area contributed by atoms with E-state index in [4.69, 9.17) is 4.74 Å². The second-order valence-corrected chi connectivity index (χ2v) is 11.8. The zero-order chi connectivity index (χ0) is 23.7. The van der Waals surface area contributed by atoms with Crippen LogP contribution in [0.2, 0.25) is 0 Å². The monoisotopic (exact) mass is 466 g/mol. The number of hydrogen-bond donors (Lipinski definition) is 0. The summed E-state index contributed by atoms with van der Waals surface area (Å²) in [6, 6.07) is 3.71. The van der Waals surface area contributed by atoms with Crippen LogP contribution in [0, 0.1) is 10.1 Å². The Balaban J connectivity index is 1.73. The fourth-order valence-corrected chi connectivity index (χ4v) is 6.32. The molecule has 0 N–H and O–H groups in total. The first kappa shape index (κ1) is 24.2. The number of rotatable bonds is 6. The zero-order valence-corrected chi connectivity index (χ0v) is 19.5. The Morgan fingerprint density at radius 2 is 1.81 bits per heavy atom. The van der Waals surface area contributed by atoms with Gasteiger partial charge < -0.3 is 9.64 Å². The van der Waals surface area contributed by atoms with Crippen LogP contribution in [0.3, 0.4) is 0 Å². The van der Waals surface area contributed by atoms with Crippen molar-refractivity contribution in [2.45, 2.75) is 70.4 Å². The van der Waals surface area contributed by atoms with Crippen LogP contribution in [0.5, 0.6) is 0 Å². The molecule has 1 aromatic rings. The maximum atomic E-state index is 13.0. The number of ether oxygens (including phenoxy) is 1. The number of sulfone groups is 1. The predicted octanol–water partition coefficient (Wildman–Crippen LogP) is 3.01. The summed E-state index contributed by atoms with van der Waals surface area (Å²) in [5, 5.41) is 11.5. The minimum Gasteiger partial charge on any atom is -0.452 e. The number of esters is 1. The van der Waals surface area contributed by atoms with Gasteiger partial charge in [0.25, 0.3) is 11.6 Å². The first-order valence-electron chi connectivity index (χ1n) is 10.9. The Hall–Kier alpha value is -2.49. The van der Waals surface area contributed by atoms with Crippen molar-refractivity contribution in [3.8, 4) is 0 Å². The van der Waals surface area contributed by atoms with Gasteiger partial charge in [-0.2, -0.15) is 0 Å². The van der Waals surface area contributed by atoms with E-state index in [0.717, 1.165) is 25.7 Å². The summed E-state index contributed by atoms with van der Waals surface area (Å²) in [5.74, 6) is -1.26. The van der Waals surface area contributed by atoms with E-state index >= 15 is 0 Å². The number of carbonyl (C=O) groups excluding carboxylic acids is 2. The van der Waals surface area contributed by atoms with E-state index in [1.165, 1.54) is 18.2 Å². The first-order valence-corrected chi connectivity index (χ1v) is 12.7. The molecule has 1 aliphatic heterocycles. The molecule has 1 atom stereocenters. The van der Waals surface area contributed by atoms with Gasteiger partial charge in [0.1, 0.15) is 0 Å². The number of nitro benzene ring substituents is 1. The van der Waals surface area contributed by atoms with E-state index in [9.17, 15) is 28.1 Å². The predicted molar refractivity (Wildman–Crippen MR) is 118 cm³/mol. The van der Waals surface area contributed by atoms with Gasteiger partial charge in [0, 0.05) is 23.7 Å². The lowest BCUT2D eigenvalue weighted by molar-refractivity contribution is -0.386. The Morgan fingerprint density at radius 3 is 2.34 bits per heavy atom. The standard InChI is InChI=1S/C22H30N2O7S/c1-22(2,3)18-9-8-15(12-19(18)24(27)28)21(26)31-13-20(25)23(16-6-4-5-7-16)17-10-11-32(29,30)14-17/h8-9,12,16-17H,4-7,10-11,13-14H2,1-3H3. The maximum absolute atomic E-state index is 13.0. The minimum atomic E-state index is -3.17. The molecule has 1 unspecified atom stereocenters. The molecule has 1 aliphatic carbocycles. The summed E-state index contributed by atoms with van der Waals surface area (Å²) < 4.78 is 29.1. The van der Waals surface area contributed by atoms with Crippen molar-refractivity contribution in [3.05, 3.63) is 39.4 Å². The molecule has 1 saturated heterocycles. The molecule has 2 aliphatic rings. The van der Waals surface area contributed by atoms with Gasteiger partial charge >= 0.3 is 5.97 Å². The topological polar surface area (TPSA) is 124 Å². The molecule has 32 heavy (non-hydrogen) atoms. The molecule has 10 heteroatoms. The van der Waals surface area contributed by atoms with Crippen LogP contribution in [-0.2, 0) is 24.8 Å². The zero-order valence-electron chi connectivity index (χ0n) is 18.7. The van der Waals surface area contributed by atoms with Crippen LogP contribution in [0.25, 0.3) is 0 Å². The van der Waals surface area contributed by atoms with Crippen molar-refractivity contribution < 1.29 is 27.7 Å². The van der Waals surface area contributed by atoms with Crippen LogP contribution < -0.4 is 0 Å². The lowest BCUT2D eigenvalue weighted by Gasteiger charge is -2.33. The van der Waals surface area contributed by atoms with Crippen LogP contribution in [0.4, 0.5) is 5.69 Å². The van der Waals surface area contributed by atoms with Crippen LogP contribution in [0.1, 0.15) is 68.8 Å². The lowest BCUT2D eigenvalue weighted by Crippen LogP contribution is -2.48. The average molecular weight is 467 g/mol. The third kappa shape index (κ3) is 5.46. The highest BCUT2D eigenvalue weighted by molar-refractivity contribution is 7.91. The molecule has 176 valence electrons. The largest absolute Gasteiger partial charge is 0.452 e. The summed E-state index contributed by atoms with van der Waals surface area (Å²) in [6.45, 7) is 4.99. The molecule has 0 radical (unpaired) electrons. The summed E-state index contributed by atoms with van der Waals surface area (Å²) in [5.41, 5.74) is -0.176. The molecule has 9 nitrogen and oxygen atoms in total. The van der Waals surface area contributed by atoms with Gasteiger partial charge in [0.2, 0.25) is 0 Å². The van der Waals surface area contributed by atoms with Crippen molar-refractivity contribution in [1.29, 1.82) is 0 Å². The Morgan fingerprint density at radius 1 is 1.16 bits per heavy atom. The van der Waals surface area contributed by atoms with Gasteiger partial charge in [-0.05, 0) is 30.7 Å². The molecule has 1 saturated carbocycles. The SMILES string of the molecule is CC(C)(C)c1ccc(C(=O)OCC(=O)N(C2CCCC2)C2CCS(=O)(=O)C2)cc1[N+](=O)[O-]. The van der Waals surface area contributed by atoms with E-state index < -0.39 is 44.7 Å². The quantitative estimate of drug-likeness (QED) is 0.358. The third-order valence-corrected chi connectivity index (χ3v) is 7.92. The number of carbonyl (C=O) groups is 2. The molecule has 1 heterocycles. The number of nitro groups is 1. The van der Waals surface area contributed by atoms with Gasteiger partial charge in [-0.1, -0.05) is 39.7 Å². The summed E-state index contributed by atoms with van der Waals surface area (Å²) >= 11 is 0. The van der Waals surface area contributed by atoms with Gasteiger partial charge in [0.05, 0.1) is 22.0 Å². The van der Waals surface area contributed by atoms with Gasteiger partial charge in [-0.25, -0.2) is 13.2 Å². The van der Waals surface area contributed by atoms with Crippen molar-refractivity contribution >= 4 is 27.4 Å². The van der Waals surface area contributed by atoms with E-state index in [1.807, 2.05) is 20.8 Å². The first-order chi connectivity index (χ1) is 14.9. The number of benzene rings is 1. The van der Waals surface area contributed by atoms with Crippen LogP contribution >= 0.6 is 0 Å². The third-order valence-electron chi connectivity index (χ3n) is 6.17. The number of nitrogens with zero attached hydrogens (tertiary/aromatic N) is 2. The normalized spacial score (nSPS) is 20.8. The molecular weight excluding hydrogens is 436 g/mol. The van der Waals surface area contributed by atoms with Crippen molar-refractivity contribution in [2.24, 2.45) is 0 Å². The Kier molecular flexibility index (Phi) is 6.92. The van der Waals surface area contributed by atoms with E-state index in [1.54, 1.807) is 4.90 Å². The molecule has 1 aromatic carbocycles. The Bertz CT molecular complexity index is 1010. The number of amides is 1. The highest BCUT2D eigenvalue weighted by Gasteiger charge is 2.39. The second kappa shape index (κ2) is 9.17. The average Bonchev–Trinajstić information content (AvgIpc) is 3.35. The smallest absolute Gasteiger partial charge is 0.338 e. The van der Waals surface area contributed by atoms with E-state index in [2.05, 4.69) is 0 Å². The minimum absolute atomic E-state index is 0.00615. The number of hydrogen-bond acceptors (Lipinski definition) is 7. The molecule has 1 amide bonds. The van der Waals surface area contributed by atoms with Gasteiger partial charge in [0.15, 0.2) is 16.4 Å². The maximum Gasteiger partial charge on any atom is 0.338 e. The summed E-state index contributed by atoms with van der Waals surface area (Å²) in [7, 11) is -3.17. The van der Waals surface area contributed by atoms with Crippen molar-refractivity contribution in [2.75, 3.05) is 18.1 Å². The van der Waals surface area contributed by atoms with Crippen molar-refractivity contribution in [3.63, 3.8) is 0 Å². The fourth-order valence-electron chi connectivity index (χ4n) is 4.61. The Labute approximate surface area is 188 Å². The van der Waals surface area contributed by atoms with Crippen molar-refractivity contribution in [1.82, 2.24) is 4.90 Å². The highest BCUT2D eigenvalue weighted by Crippen LogP contribution is 2.32. The molecular formula is C22H30N2O7S. The van der Waals surface area contributed by atoms with Gasteiger partial charge in [-0.15, -0.1) is 0 Å². The second-order valence-electron chi connectivity index (χ2n) is 9.61. The molecule has 0 aromatic heterocycles. The van der Waals surface area contributed by atoms with Gasteiger partial charge in [-0.3, -0.25) is 14.9 Å². The molecule has 2 fully saturated rings. The van der Waals surface area contributed by atoms with E-state index in [-0.39, 0.29) is 28.8 Å². The molecule has 3 rings (SSSR count). The summed E-state index contributed by atoms with van der Waals surface area (Å²) in [6.07, 6.45) is 3.93. The highest BCUT2D eigenvalue weighted by atomic mass is 32.2.